The Balaban J connectivity index is 0.00000261. The van der Waals surface area contributed by atoms with E-state index < -0.39 is 0 Å². The summed E-state index contributed by atoms with van der Waals surface area (Å²) in [6.07, 6.45) is 6.55. The van der Waals surface area contributed by atoms with Crippen molar-refractivity contribution in [3.63, 3.8) is 0 Å². The molecule has 1 aliphatic rings. The van der Waals surface area contributed by atoms with Crippen molar-refractivity contribution in [1.29, 1.82) is 0 Å². The summed E-state index contributed by atoms with van der Waals surface area (Å²) in [6.45, 7) is 3.83. The van der Waals surface area contributed by atoms with Crippen LogP contribution in [0.25, 0.3) is 0 Å². The Bertz CT molecular complexity index is 702. The van der Waals surface area contributed by atoms with Crippen molar-refractivity contribution >= 4 is 24.0 Å². The maximum atomic E-state index is 6.27. The third-order valence-electron chi connectivity index (χ3n) is 4.88. The molecule has 5 heteroatoms. The quantitative estimate of drug-likeness (QED) is 0.565. The third-order valence-corrected chi connectivity index (χ3v) is 5.25. The van der Waals surface area contributed by atoms with E-state index >= 15 is 0 Å². The van der Waals surface area contributed by atoms with Gasteiger partial charge in [-0.3, -0.25) is 0 Å². The lowest BCUT2D eigenvalue weighted by Gasteiger charge is -2.24. The van der Waals surface area contributed by atoms with E-state index in [-0.39, 0.29) is 12.4 Å². The van der Waals surface area contributed by atoms with Gasteiger partial charge in [-0.1, -0.05) is 61.2 Å². The zero-order valence-electron chi connectivity index (χ0n) is 15.9. The maximum absolute atomic E-state index is 6.27. The van der Waals surface area contributed by atoms with Gasteiger partial charge in [0.15, 0.2) is 11.5 Å². The number of benzene rings is 2. The van der Waals surface area contributed by atoms with Crippen LogP contribution in [0.1, 0.15) is 50.2 Å². The lowest BCUT2D eigenvalue weighted by molar-refractivity contribution is 0.265. The highest BCUT2D eigenvalue weighted by Gasteiger charge is 2.16. The van der Waals surface area contributed by atoms with E-state index in [1.807, 2.05) is 43.3 Å². The molecular formula is C22H29Cl2NO2. The smallest absolute Gasteiger partial charge is 0.166 e. The Labute approximate surface area is 173 Å². The first-order chi connectivity index (χ1) is 12.8. The molecule has 0 amide bonds. The second kappa shape index (κ2) is 11.4. The van der Waals surface area contributed by atoms with Crippen molar-refractivity contribution in [1.82, 2.24) is 5.32 Å². The van der Waals surface area contributed by atoms with E-state index in [0.29, 0.717) is 19.3 Å². The molecule has 0 aromatic heterocycles. The predicted octanol–water partition coefficient (Wildman–Crippen LogP) is 6.16. The molecular weight excluding hydrogens is 381 g/mol. The molecule has 0 atom stereocenters. The van der Waals surface area contributed by atoms with Gasteiger partial charge in [-0.25, -0.2) is 0 Å². The Morgan fingerprint density at radius 2 is 1.70 bits per heavy atom. The SMILES string of the molecule is CCOc1cccc(CNC2CCCCC2)c1OCc1ccccc1Cl.Cl. The molecule has 3 rings (SSSR count). The topological polar surface area (TPSA) is 30.5 Å². The van der Waals surface area contributed by atoms with Gasteiger partial charge in [0, 0.05) is 28.7 Å². The molecule has 0 aliphatic heterocycles. The number of hydrogen-bond acceptors (Lipinski definition) is 3. The summed E-state index contributed by atoms with van der Waals surface area (Å²) in [5, 5.41) is 4.42. The van der Waals surface area contributed by atoms with Crippen LogP contribution in [0.3, 0.4) is 0 Å². The normalized spacial score (nSPS) is 14.4. The lowest BCUT2D eigenvalue weighted by Crippen LogP contribution is -2.30. The van der Waals surface area contributed by atoms with E-state index in [1.165, 1.54) is 32.1 Å². The number of hydrogen-bond donors (Lipinski definition) is 1. The molecule has 0 heterocycles. The van der Waals surface area contributed by atoms with Gasteiger partial charge in [0.05, 0.1) is 6.61 Å². The first kappa shape index (κ1) is 21.9. The fourth-order valence-corrected chi connectivity index (χ4v) is 3.65. The molecule has 2 aromatic carbocycles. The number of rotatable bonds is 8. The van der Waals surface area contributed by atoms with E-state index in [9.17, 15) is 0 Å². The summed E-state index contributed by atoms with van der Waals surface area (Å²) >= 11 is 6.27. The fraction of sp³-hybridized carbons (Fsp3) is 0.455. The summed E-state index contributed by atoms with van der Waals surface area (Å²) in [5.41, 5.74) is 2.11. The fourth-order valence-electron chi connectivity index (χ4n) is 3.46. The van der Waals surface area contributed by atoms with Gasteiger partial charge in [-0.05, 0) is 31.9 Å². The molecule has 0 saturated heterocycles. The maximum Gasteiger partial charge on any atom is 0.166 e. The van der Waals surface area contributed by atoms with Crippen LogP contribution in [0.5, 0.6) is 11.5 Å². The molecule has 0 radical (unpaired) electrons. The number of nitrogens with one attached hydrogen (secondary N) is 1. The van der Waals surface area contributed by atoms with Crippen LogP contribution in [0.2, 0.25) is 5.02 Å². The summed E-state index contributed by atoms with van der Waals surface area (Å²) in [4.78, 5) is 0. The van der Waals surface area contributed by atoms with E-state index in [4.69, 9.17) is 21.1 Å². The Kier molecular flexibility index (Phi) is 9.26. The van der Waals surface area contributed by atoms with Crippen molar-refractivity contribution in [2.24, 2.45) is 0 Å². The number of ether oxygens (including phenoxy) is 2. The molecule has 1 aliphatic carbocycles. The van der Waals surface area contributed by atoms with E-state index in [0.717, 1.165) is 34.2 Å². The summed E-state index contributed by atoms with van der Waals surface area (Å²) in [7, 11) is 0. The Morgan fingerprint density at radius 3 is 2.44 bits per heavy atom. The highest BCUT2D eigenvalue weighted by atomic mass is 35.5. The molecule has 148 valence electrons. The lowest BCUT2D eigenvalue weighted by atomic mass is 9.95. The molecule has 1 saturated carbocycles. The van der Waals surface area contributed by atoms with Crippen LogP contribution in [-0.2, 0) is 13.2 Å². The zero-order valence-corrected chi connectivity index (χ0v) is 17.5. The number of para-hydroxylation sites is 1. The van der Waals surface area contributed by atoms with Crippen molar-refractivity contribution in [2.45, 2.75) is 58.2 Å². The van der Waals surface area contributed by atoms with Crippen LogP contribution < -0.4 is 14.8 Å². The molecule has 0 bridgehead atoms. The van der Waals surface area contributed by atoms with Gasteiger partial charge in [0.1, 0.15) is 6.61 Å². The summed E-state index contributed by atoms with van der Waals surface area (Å²) < 4.78 is 12.0. The highest BCUT2D eigenvalue weighted by molar-refractivity contribution is 6.31. The Morgan fingerprint density at radius 1 is 0.963 bits per heavy atom. The zero-order chi connectivity index (χ0) is 18.2. The number of halogens is 2. The largest absolute Gasteiger partial charge is 0.490 e. The van der Waals surface area contributed by atoms with Gasteiger partial charge in [-0.2, -0.15) is 0 Å². The average Bonchev–Trinajstić information content (AvgIpc) is 2.68. The highest BCUT2D eigenvalue weighted by Crippen LogP contribution is 2.33. The van der Waals surface area contributed by atoms with Crippen LogP contribution in [0, 0.1) is 0 Å². The van der Waals surface area contributed by atoms with Crippen molar-refractivity contribution < 1.29 is 9.47 Å². The minimum absolute atomic E-state index is 0. The molecule has 1 N–H and O–H groups in total. The van der Waals surface area contributed by atoms with Crippen molar-refractivity contribution in [2.75, 3.05) is 6.61 Å². The van der Waals surface area contributed by atoms with Crippen molar-refractivity contribution in [3.8, 4) is 11.5 Å². The van der Waals surface area contributed by atoms with Gasteiger partial charge in [0.25, 0.3) is 0 Å². The van der Waals surface area contributed by atoms with Crippen LogP contribution in [0.4, 0.5) is 0 Å². The van der Waals surface area contributed by atoms with E-state index in [1.54, 1.807) is 0 Å². The molecule has 3 nitrogen and oxygen atoms in total. The molecule has 1 fully saturated rings. The van der Waals surface area contributed by atoms with Crippen LogP contribution in [0.15, 0.2) is 42.5 Å². The molecule has 0 unspecified atom stereocenters. The summed E-state index contributed by atoms with van der Waals surface area (Å²) in [6, 6.07) is 14.5. The minimum atomic E-state index is 0. The van der Waals surface area contributed by atoms with Crippen LogP contribution in [-0.4, -0.2) is 12.6 Å². The average molecular weight is 410 g/mol. The minimum Gasteiger partial charge on any atom is -0.490 e. The van der Waals surface area contributed by atoms with Gasteiger partial charge >= 0.3 is 0 Å². The molecule has 27 heavy (non-hydrogen) atoms. The first-order valence-electron chi connectivity index (χ1n) is 9.62. The monoisotopic (exact) mass is 409 g/mol. The second-order valence-electron chi connectivity index (χ2n) is 6.77. The van der Waals surface area contributed by atoms with Gasteiger partial charge in [-0.15, -0.1) is 12.4 Å². The third kappa shape index (κ3) is 6.31. The second-order valence-corrected chi connectivity index (χ2v) is 7.18. The van der Waals surface area contributed by atoms with Crippen molar-refractivity contribution in [3.05, 3.63) is 58.6 Å². The van der Waals surface area contributed by atoms with Crippen LogP contribution >= 0.6 is 24.0 Å². The molecule has 2 aromatic rings. The Hall–Kier alpha value is -1.42. The van der Waals surface area contributed by atoms with E-state index in [2.05, 4.69) is 11.4 Å². The standard InChI is InChI=1S/C22H28ClNO2.ClH/c1-2-25-21-14-8-10-17(15-24-19-11-4-3-5-12-19)22(21)26-16-18-9-6-7-13-20(18)23;/h6-10,13-14,19,24H,2-5,11-12,15-16H2,1H3;1H. The first-order valence-corrected chi connectivity index (χ1v) is 10.00. The predicted molar refractivity (Wildman–Crippen MR) is 114 cm³/mol. The molecule has 0 spiro atoms. The summed E-state index contributed by atoms with van der Waals surface area (Å²) in [5.74, 6) is 1.61. The van der Waals surface area contributed by atoms with Gasteiger partial charge < -0.3 is 14.8 Å². The van der Waals surface area contributed by atoms with Gasteiger partial charge in [0.2, 0.25) is 0 Å².